The number of amides is 2. The van der Waals surface area contributed by atoms with E-state index in [1.807, 2.05) is 64.1 Å². The standard InChI is InChI=1S/C29H32Cl2N2O3/c1-5-32-29(35)26(15-22-9-7-6-8-10-22)33(17-23-11-12-24(30)16-25(23)31)28(34)18-36-27-14-19(2)13-20(3)21(27)4/h6-14,16,26H,5,15,17-18H2,1-4H3,(H,32,35)/t26-/m0/s1. The molecule has 1 atom stereocenters. The molecule has 0 saturated heterocycles. The van der Waals surface area contributed by atoms with Crippen LogP contribution in [-0.2, 0) is 22.6 Å². The highest BCUT2D eigenvalue weighted by Crippen LogP contribution is 2.26. The Morgan fingerprint density at radius 3 is 2.39 bits per heavy atom. The number of carbonyl (C=O) groups is 2. The van der Waals surface area contributed by atoms with Crippen LogP contribution >= 0.6 is 23.2 Å². The Kier molecular flexibility index (Phi) is 9.80. The van der Waals surface area contributed by atoms with Crippen molar-refractivity contribution in [1.29, 1.82) is 0 Å². The molecule has 0 aliphatic heterocycles. The third-order valence-corrected chi connectivity index (χ3v) is 6.68. The Balaban J connectivity index is 1.95. The summed E-state index contributed by atoms with van der Waals surface area (Å²) in [6, 6.07) is 18.0. The summed E-state index contributed by atoms with van der Waals surface area (Å²) in [6.07, 6.45) is 0.353. The maximum Gasteiger partial charge on any atom is 0.261 e. The van der Waals surface area contributed by atoms with Gasteiger partial charge in [0.15, 0.2) is 6.61 Å². The number of hydrogen-bond acceptors (Lipinski definition) is 3. The van der Waals surface area contributed by atoms with Crippen LogP contribution in [0.1, 0.15) is 34.7 Å². The van der Waals surface area contributed by atoms with Crippen molar-refractivity contribution in [3.05, 3.63) is 98.5 Å². The van der Waals surface area contributed by atoms with Crippen LogP contribution in [0.2, 0.25) is 10.0 Å². The molecule has 0 bridgehead atoms. The molecule has 190 valence electrons. The van der Waals surface area contributed by atoms with Crippen molar-refractivity contribution >= 4 is 35.0 Å². The fraction of sp³-hybridized carbons (Fsp3) is 0.310. The first-order chi connectivity index (χ1) is 17.2. The Morgan fingerprint density at radius 2 is 1.72 bits per heavy atom. The minimum Gasteiger partial charge on any atom is -0.483 e. The molecule has 0 aliphatic carbocycles. The Labute approximate surface area is 223 Å². The molecule has 0 aromatic heterocycles. The average molecular weight is 527 g/mol. The van der Waals surface area contributed by atoms with E-state index in [0.717, 1.165) is 22.3 Å². The molecule has 0 aliphatic rings. The molecular weight excluding hydrogens is 495 g/mol. The fourth-order valence-corrected chi connectivity index (χ4v) is 4.52. The average Bonchev–Trinajstić information content (AvgIpc) is 2.84. The predicted molar refractivity (Wildman–Crippen MR) is 146 cm³/mol. The maximum atomic E-state index is 13.7. The molecule has 3 rings (SSSR count). The second-order valence-electron chi connectivity index (χ2n) is 8.85. The summed E-state index contributed by atoms with van der Waals surface area (Å²) in [5, 5.41) is 3.81. The summed E-state index contributed by atoms with van der Waals surface area (Å²) in [5.74, 6) is 0.108. The minimum absolute atomic E-state index is 0.138. The number of hydrogen-bond donors (Lipinski definition) is 1. The highest BCUT2D eigenvalue weighted by atomic mass is 35.5. The first kappa shape index (κ1) is 27.6. The van der Waals surface area contributed by atoms with Gasteiger partial charge in [0.2, 0.25) is 5.91 Å². The van der Waals surface area contributed by atoms with E-state index in [1.165, 1.54) is 0 Å². The van der Waals surface area contributed by atoms with E-state index in [1.54, 1.807) is 23.1 Å². The molecule has 0 fully saturated rings. The van der Waals surface area contributed by atoms with Gasteiger partial charge in [-0.3, -0.25) is 9.59 Å². The molecule has 1 N–H and O–H groups in total. The summed E-state index contributed by atoms with van der Waals surface area (Å²) in [5.41, 5.74) is 4.76. The van der Waals surface area contributed by atoms with Crippen LogP contribution in [0.25, 0.3) is 0 Å². The van der Waals surface area contributed by atoms with Crippen molar-refractivity contribution < 1.29 is 14.3 Å². The zero-order valence-electron chi connectivity index (χ0n) is 21.1. The van der Waals surface area contributed by atoms with Gasteiger partial charge in [0.25, 0.3) is 5.91 Å². The Bertz CT molecular complexity index is 1210. The lowest BCUT2D eigenvalue weighted by Crippen LogP contribution is -2.51. The number of ether oxygens (including phenoxy) is 1. The van der Waals surface area contributed by atoms with Gasteiger partial charge in [0, 0.05) is 29.6 Å². The third kappa shape index (κ3) is 7.25. The van der Waals surface area contributed by atoms with Crippen molar-refractivity contribution in [2.75, 3.05) is 13.2 Å². The first-order valence-electron chi connectivity index (χ1n) is 11.9. The zero-order chi connectivity index (χ0) is 26.2. The molecule has 0 saturated carbocycles. The number of nitrogens with zero attached hydrogens (tertiary/aromatic N) is 1. The highest BCUT2D eigenvalue weighted by Gasteiger charge is 2.31. The number of halogens is 2. The molecule has 7 heteroatoms. The summed E-state index contributed by atoms with van der Waals surface area (Å²) in [7, 11) is 0. The fourth-order valence-electron chi connectivity index (χ4n) is 4.05. The van der Waals surface area contributed by atoms with Crippen LogP contribution in [-0.4, -0.2) is 35.9 Å². The van der Waals surface area contributed by atoms with Gasteiger partial charge in [0.1, 0.15) is 11.8 Å². The summed E-state index contributed by atoms with van der Waals surface area (Å²) >= 11 is 12.5. The van der Waals surface area contributed by atoms with Gasteiger partial charge in [0.05, 0.1) is 0 Å². The number of likely N-dealkylation sites (N-methyl/N-ethyl adjacent to an activating group) is 1. The van der Waals surface area contributed by atoms with E-state index >= 15 is 0 Å². The molecule has 5 nitrogen and oxygen atoms in total. The van der Waals surface area contributed by atoms with Gasteiger partial charge in [-0.15, -0.1) is 0 Å². The monoisotopic (exact) mass is 526 g/mol. The number of nitrogens with one attached hydrogen (secondary N) is 1. The molecule has 0 spiro atoms. The van der Waals surface area contributed by atoms with Crippen molar-refractivity contribution in [3.63, 3.8) is 0 Å². The largest absolute Gasteiger partial charge is 0.483 e. The molecule has 3 aromatic carbocycles. The lowest BCUT2D eigenvalue weighted by atomic mass is 10.0. The van der Waals surface area contributed by atoms with E-state index in [2.05, 4.69) is 11.4 Å². The number of aryl methyl sites for hydroxylation is 2. The van der Waals surface area contributed by atoms with Gasteiger partial charge in [-0.05, 0) is 73.7 Å². The highest BCUT2D eigenvalue weighted by molar-refractivity contribution is 6.35. The SMILES string of the molecule is CCNC(=O)[C@H](Cc1ccccc1)N(Cc1ccc(Cl)cc1Cl)C(=O)COc1cc(C)cc(C)c1C. The van der Waals surface area contributed by atoms with Crippen LogP contribution in [0.3, 0.4) is 0 Å². The van der Waals surface area contributed by atoms with E-state index < -0.39 is 6.04 Å². The van der Waals surface area contributed by atoms with Crippen molar-refractivity contribution in [2.45, 2.75) is 46.7 Å². The van der Waals surface area contributed by atoms with E-state index in [0.29, 0.717) is 34.3 Å². The molecular formula is C29H32Cl2N2O3. The van der Waals surface area contributed by atoms with E-state index in [-0.39, 0.29) is 25.0 Å². The lowest BCUT2D eigenvalue weighted by molar-refractivity contribution is -0.142. The van der Waals surface area contributed by atoms with Gasteiger partial charge in [-0.2, -0.15) is 0 Å². The Morgan fingerprint density at radius 1 is 1.00 bits per heavy atom. The van der Waals surface area contributed by atoms with Gasteiger partial charge < -0.3 is 15.0 Å². The quantitative estimate of drug-likeness (QED) is 0.348. The third-order valence-electron chi connectivity index (χ3n) is 6.09. The van der Waals surface area contributed by atoms with Gasteiger partial charge in [-0.1, -0.05) is 65.7 Å². The smallest absolute Gasteiger partial charge is 0.261 e. The van der Waals surface area contributed by atoms with Crippen LogP contribution in [0.4, 0.5) is 0 Å². The Hall–Kier alpha value is -3.02. The molecule has 2 amide bonds. The zero-order valence-corrected chi connectivity index (χ0v) is 22.6. The van der Waals surface area contributed by atoms with Crippen molar-refractivity contribution in [3.8, 4) is 5.75 Å². The van der Waals surface area contributed by atoms with E-state index in [4.69, 9.17) is 27.9 Å². The van der Waals surface area contributed by atoms with Crippen molar-refractivity contribution in [1.82, 2.24) is 10.2 Å². The number of benzene rings is 3. The topological polar surface area (TPSA) is 58.6 Å². The maximum absolute atomic E-state index is 13.7. The predicted octanol–water partition coefficient (Wildman–Crippen LogP) is 6.07. The molecule has 36 heavy (non-hydrogen) atoms. The normalized spacial score (nSPS) is 11.6. The summed E-state index contributed by atoms with van der Waals surface area (Å²) < 4.78 is 5.99. The number of carbonyl (C=O) groups excluding carboxylic acids is 2. The lowest BCUT2D eigenvalue weighted by Gasteiger charge is -2.31. The molecule has 0 unspecified atom stereocenters. The minimum atomic E-state index is -0.754. The second kappa shape index (κ2) is 12.8. The van der Waals surface area contributed by atoms with Crippen LogP contribution in [0.5, 0.6) is 5.75 Å². The van der Waals surface area contributed by atoms with Crippen LogP contribution < -0.4 is 10.1 Å². The van der Waals surface area contributed by atoms with E-state index in [9.17, 15) is 9.59 Å². The molecule has 3 aromatic rings. The van der Waals surface area contributed by atoms with Crippen molar-refractivity contribution in [2.24, 2.45) is 0 Å². The molecule has 0 radical (unpaired) electrons. The van der Waals surface area contributed by atoms with Crippen LogP contribution in [0.15, 0.2) is 60.7 Å². The summed E-state index contributed by atoms with van der Waals surface area (Å²) in [6.45, 7) is 8.20. The first-order valence-corrected chi connectivity index (χ1v) is 12.7. The second-order valence-corrected chi connectivity index (χ2v) is 9.69. The van der Waals surface area contributed by atoms with Gasteiger partial charge in [-0.25, -0.2) is 0 Å². The van der Waals surface area contributed by atoms with Crippen LogP contribution in [0, 0.1) is 20.8 Å². The number of rotatable bonds is 10. The van der Waals surface area contributed by atoms with Gasteiger partial charge >= 0.3 is 0 Å². The summed E-state index contributed by atoms with van der Waals surface area (Å²) in [4.78, 5) is 28.5. The molecule has 0 heterocycles.